The van der Waals surface area contributed by atoms with E-state index in [1.165, 1.54) is 12.8 Å². The molecule has 2 N–H and O–H groups in total. The first-order valence-corrected chi connectivity index (χ1v) is 12.0. The predicted molar refractivity (Wildman–Crippen MR) is 114 cm³/mol. The van der Waals surface area contributed by atoms with Crippen molar-refractivity contribution in [2.24, 2.45) is 5.92 Å². The number of rotatable bonds is 4. The van der Waals surface area contributed by atoms with Gasteiger partial charge in [0.1, 0.15) is 5.54 Å². The largest absolute Gasteiger partial charge is 0.344 e. The van der Waals surface area contributed by atoms with Gasteiger partial charge in [-0.25, -0.2) is 4.79 Å². The molecular weight excluding hydrogens is 398 g/mol. The molecule has 1 spiro atoms. The highest BCUT2D eigenvalue weighted by atomic mass is 16.2. The molecule has 5 amide bonds. The van der Waals surface area contributed by atoms with Gasteiger partial charge in [-0.15, -0.1) is 0 Å². The third-order valence-electron chi connectivity index (χ3n) is 7.33. The van der Waals surface area contributed by atoms with Gasteiger partial charge in [0.2, 0.25) is 5.91 Å². The molecule has 31 heavy (non-hydrogen) atoms. The molecule has 0 bridgehead atoms. The van der Waals surface area contributed by atoms with Gasteiger partial charge in [-0.2, -0.15) is 5.01 Å². The molecule has 0 unspecified atom stereocenters. The van der Waals surface area contributed by atoms with E-state index in [0.717, 1.165) is 63.0 Å². The second-order valence-electron chi connectivity index (χ2n) is 9.54. The van der Waals surface area contributed by atoms with Crippen LogP contribution in [0.5, 0.6) is 0 Å². The molecule has 0 atom stereocenters. The number of nitrogens with zero attached hydrogens (tertiary/aromatic N) is 3. The molecule has 1 saturated carbocycles. The van der Waals surface area contributed by atoms with Crippen LogP contribution in [0.3, 0.4) is 0 Å². The van der Waals surface area contributed by atoms with Crippen LogP contribution in [0.2, 0.25) is 0 Å². The zero-order valence-corrected chi connectivity index (χ0v) is 18.4. The van der Waals surface area contributed by atoms with Gasteiger partial charge in [0.25, 0.3) is 11.8 Å². The lowest BCUT2D eigenvalue weighted by Crippen LogP contribution is -2.53. The molecule has 3 aliphatic heterocycles. The lowest BCUT2D eigenvalue weighted by Gasteiger charge is -2.34. The van der Waals surface area contributed by atoms with Gasteiger partial charge in [-0.05, 0) is 51.6 Å². The maximum atomic E-state index is 12.8. The average Bonchev–Trinajstić information content (AvgIpc) is 2.97. The van der Waals surface area contributed by atoms with E-state index in [9.17, 15) is 19.2 Å². The fourth-order valence-electron chi connectivity index (χ4n) is 5.47. The summed E-state index contributed by atoms with van der Waals surface area (Å²) in [7, 11) is 0. The van der Waals surface area contributed by atoms with E-state index in [1.54, 1.807) is 0 Å². The molecule has 9 heteroatoms. The summed E-state index contributed by atoms with van der Waals surface area (Å²) in [6, 6.07) is -0.540. The van der Waals surface area contributed by atoms with E-state index >= 15 is 0 Å². The standard InChI is InChI=1S/C22H35N5O4/c28-18(24-27-20(30)22(23-21(27)31)10-4-3-5-11-22)16-25-14-8-17(9-15-25)19(29)26-12-6-1-2-7-13-26/h17H,1-16H2,(H,23,31)(H,24,28). The van der Waals surface area contributed by atoms with Crippen molar-refractivity contribution in [2.45, 2.75) is 76.2 Å². The van der Waals surface area contributed by atoms with Gasteiger partial charge in [0.05, 0.1) is 6.54 Å². The summed E-state index contributed by atoms with van der Waals surface area (Å²) in [5.41, 5.74) is 1.67. The third-order valence-corrected chi connectivity index (χ3v) is 7.33. The average molecular weight is 434 g/mol. The first kappa shape index (κ1) is 22.0. The normalized spacial score (nSPS) is 25.4. The topological polar surface area (TPSA) is 102 Å². The predicted octanol–water partition coefficient (Wildman–Crippen LogP) is 1.39. The van der Waals surface area contributed by atoms with Crippen LogP contribution in [0.1, 0.15) is 70.6 Å². The quantitative estimate of drug-likeness (QED) is 0.653. The second-order valence-corrected chi connectivity index (χ2v) is 9.54. The van der Waals surface area contributed by atoms with Crippen molar-refractivity contribution >= 4 is 23.8 Å². The molecule has 172 valence electrons. The maximum absolute atomic E-state index is 12.8. The van der Waals surface area contributed by atoms with Crippen LogP contribution in [-0.4, -0.2) is 76.8 Å². The van der Waals surface area contributed by atoms with E-state index in [2.05, 4.69) is 10.7 Å². The monoisotopic (exact) mass is 433 g/mol. The summed E-state index contributed by atoms with van der Waals surface area (Å²) in [4.78, 5) is 54.5. The van der Waals surface area contributed by atoms with E-state index in [4.69, 9.17) is 0 Å². The number of hydrogen-bond donors (Lipinski definition) is 2. The van der Waals surface area contributed by atoms with Gasteiger partial charge in [0, 0.05) is 19.0 Å². The minimum Gasteiger partial charge on any atom is -0.342 e. The number of hydrazine groups is 1. The van der Waals surface area contributed by atoms with Gasteiger partial charge >= 0.3 is 6.03 Å². The molecule has 9 nitrogen and oxygen atoms in total. The van der Waals surface area contributed by atoms with Crippen molar-refractivity contribution in [2.75, 3.05) is 32.7 Å². The number of urea groups is 1. The number of likely N-dealkylation sites (tertiary alicyclic amines) is 2. The van der Waals surface area contributed by atoms with Crippen molar-refractivity contribution in [1.29, 1.82) is 0 Å². The molecule has 4 rings (SSSR count). The van der Waals surface area contributed by atoms with Crippen LogP contribution >= 0.6 is 0 Å². The summed E-state index contributed by atoms with van der Waals surface area (Å²) in [5, 5.41) is 3.66. The van der Waals surface area contributed by atoms with Gasteiger partial charge in [0.15, 0.2) is 0 Å². The number of nitrogens with one attached hydrogen (secondary N) is 2. The Hall–Kier alpha value is -2.16. The number of amides is 5. The van der Waals surface area contributed by atoms with Crippen LogP contribution in [0.4, 0.5) is 4.79 Å². The minimum atomic E-state index is -0.839. The Kier molecular flexibility index (Phi) is 6.79. The van der Waals surface area contributed by atoms with Gasteiger partial charge in [-0.1, -0.05) is 32.1 Å². The number of hydrogen-bond acceptors (Lipinski definition) is 5. The molecule has 1 aliphatic carbocycles. The van der Waals surface area contributed by atoms with Gasteiger partial charge < -0.3 is 10.2 Å². The Morgan fingerprint density at radius 3 is 2.16 bits per heavy atom. The van der Waals surface area contributed by atoms with Crippen LogP contribution in [0.15, 0.2) is 0 Å². The first-order valence-electron chi connectivity index (χ1n) is 12.0. The smallest absolute Gasteiger partial charge is 0.342 e. The van der Waals surface area contributed by atoms with Crippen molar-refractivity contribution in [1.82, 2.24) is 25.6 Å². The van der Waals surface area contributed by atoms with Crippen molar-refractivity contribution in [3.63, 3.8) is 0 Å². The molecule has 3 saturated heterocycles. The van der Waals surface area contributed by atoms with Crippen molar-refractivity contribution in [3.05, 3.63) is 0 Å². The molecule has 0 aromatic carbocycles. The number of carbonyl (C=O) groups is 4. The molecule has 0 aromatic heterocycles. The molecule has 4 aliphatic rings. The molecule has 4 fully saturated rings. The van der Waals surface area contributed by atoms with E-state index < -0.39 is 11.6 Å². The highest BCUT2D eigenvalue weighted by Gasteiger charge is 2.52. The van der Waals surface area contributed by atoms with Crippen LogP contribution in [0.25, 0.3) is 0 Å². The lowest BCUT2D eigenvalue weighted by atomic mass is 9.82. The zero-order valence-electron chi connectivity index (χ0n) is 18.4. The molecule has 0 radical (unpaired) electrons. The van der Waals surface area contributed by atoms with Crippen LogP contribution in [0, 0.1) is 5.92 Å². The highest BCUT2D eigenvalue weighted by Crippen LogP contribution is 2.33. The van der Waals surface area contributed by atoms with Crippen LogP contribution in [-0.2, 0) is 14.4 Å². The molecule has 0 aromatic rings. The SMILES string of the molecule is O=C(CN1CCC(C(=O)N2CCCCCC2)CC1)NN1C(=O)NC2(CCCCC2)C1=O. The Bertz CT molecular complexity index is 705. The maximum Gasteiger partial charge on any atom is 0.344 e. The van der Waals surface area contributed by atoms with E-state index in [0.29, 0.717) is 25.9 Å². The zero-order chi connectivity index (χ0) is 21.8. The summed E-state index contributed by atoms with van der Waals surface area (Å²) >= 11 is 0. The molecular formula is C22H35N5O4. The third kappa shape index (κ3) is 4.86. The number of piperidine rings is 1. The van der Waals surface area contributed by atoms with E-state index in [1.807, 2.05) is 9.80 Å². The fraction of sp³-hybridized carbons (Fsp3) is 0.818. The van der Waals surface area contributed by atoms with Crippen molar-refractivity contribution in [3.8, 4) is 0 Å². The van der Waals surface area contributed by atoms with Gasteiger partial charge in [-0.3, -0.25) is 24.7 Å². The number of carbonyl (C=O) groups excluding carboxylic acids is 4. The fourth-order valence-corrected chi connectivity index (χ4v) is 5.47. The summed E-state index contributed by atoms with van der Waals surface area (Å²) in [5.74, 6) is -0.404. The Morgan fingerprint density at radius 1 is 0.903 bits per heavy atom. The highest BCUT2D eigenvalue weighted by molar-refractivity contribution is 6.08. The Labute approximate surface area is 183 Å². The van der Waals surface area contributed by atoms with Crippen molar-refractivity contribution < 1.29 is 19.2 Å². The first-order chi connectivity index (χ1) is 15.0. The Morgan fingerprint density at radius 2 is 1.52 bits per heavy atom. The lowest BCUT2D eigenvalue weighted by molar-refractivity contribution is -0.141. The summed E-state index contributed by atoms with van der Waals surface area (Å²) < 4.78 is 0. The summed E-state index contributed by atoms with van der Waals surface area (Å²) in [6.07, 6.45) is 10.2. The number of imide groups is 1. The Balaban J connectivity index is 1.23. The van der Waals surface area contributed by atoms with Crippen LogP contribution < -0.4 is 10.7 Å². The minimum absolute atomic E-state index is 0.0366. The second kappa shape index (κ2) is 9.54. The molecule has 3 heterocycles. The van der Waals surface area contributed by atoms with E-state index in [-0.39, 0.29) is 30.2 Å². The summed E-state index contributed by atoms with van der Waals surface area (Å²) in [6.45, 7) is 3.20.